The quantitative estimate of drug-likeness (QED) is 0.593. The van der Waals surface area contributed by atoms with Crippen LogP contribution in [-0.2, 0) is 15.6 Å². The van der Waals surface area contributed by atoms with E-state index in [-0.39, 0.29) is 10.8 Å². The molecule has 5 nitrogen and oxygen atoms in total. The lowest BCUT2D eigenvalue weighted by atomic mass is 10.3. The number of hydrogen-bond acceptors (Lipinski definition) is 5. The Kier molecular flexibility index (Phi) is 3.13. The third-order valence-corrected chi connectivity index (χ3v) is 4.60. The third kappa shape index (κ3) is 2.59. The predicted octanol–water partition coefficient (Wildman–Crippen LogP) is 2.52. The number of fused-ring (bicyclic) bond motifs is 1. The van der Waals surface area contributed by atoms with Gasteiger partial charge < -0.3 is 10.2 Å². The van der Waals surface area contributed by atoms with Gasteiger partial charge >= 0.3 is 0 Å². The highest BCUT2D eigenvalue weighted by molar-refractivity contribution is 7.90. The summed E-state index contributed by atoms with van der Waals surface area (Å²) in [5.74, 6) is -0.858. The summed E-state index contributed by atoms with van der Waals surface area (Å²) in [6.45, 7) is 0. The number of nitrogens with zero attached hydrogens (tertiary/aromatic N) is 1. The lowest BCUT2D eigenvalue weighted by Crippen LogP contribution is -2.05. The van der Waals surface area contributed by atoms with Crippen molar-refractivity contribution >= 4 is 26.6 Å². The summed E-state index contributed by atoms with van der Waals surface area (Å²) >= 11 is 0. The van der Waals surface area contributed by atoms with E-state index >= 15 is 0 Å². The molecule has 0 spiro atoms. The molecule has 0 saturated carbocycles. The third-order valence-electron chi connectivity index (χ3n) is 2.98. The zero-order valence-electron chi connectivity index (χ0n) is 10.8. The molecule has 0 saturated heterocycles. The number of sulfone groups is 1. The van der Waals surface area contributed by atoms with Crippen molar-refractivity contribution in [3.05, 3.63) is 54.2 Å². The van der Waals surface area contributed by atoms with Crippen molar-refractivity contribution in [2.24, 2.45) is 0 Å². The van der Waals surface area contributed by atoms with Gasteiger partial charge in [0.1, 0.15) is 17.1 Å². The Morgan fingerprint density at radius 3 is 2.52 bits per heavy atom. The van der Waals surface area contributed by atoms with Gasteiger partial charge in [-0.25, -0.2) is 17.8 Å². The summed E-state index contributed by atoms with van der Waals surface area (Å²) in [5, 5.41) is 0. The molecule has 0 radical (unpaired) electrons. The Bertz CT molecular complexity index is 902. The largest absolute Gasteiger partial charge is 0.439 e. The fourth-order valence-electron chi connectivity index (χ4n) is 1.97. The van der Waals surface area contributed by atoms with Crippen LogP contribution in [0, 0.1) is 5.82 Å². The maximum absolute atomic E-state index is 12.8. The number of nitrogens with two attached hydrogens (primary N) is 1. The molecule has 0 aliphatic rings. The van der Waals surface area contributed by atoms with Crippen LogP contribution in [0.3, 0.4) is 0 Å². The van der Waals surface area contributed by atoms with E-state index in [1.807, 2.05) is 0 Å². The van der Waals surface area contributed by atoms with Gasteiger partial charge in [0.25, 0.3) is 0 Å². The van der Waals surface area contributed by atoms with Crippen LogP contribution in [0.5, 0.6) is 0 Å². The smallest absolute Gasteiger partial charge is 0.211 e. The standard InChI is InChI=1S/C14H11FN2O3S/c15-9-4-6-10(7-5-9)21(18,19)8-13-17-14-11(16)2-1-3-12(14)20-13/h1-7H,8,16H2. The van der Waals surface area contributed by atoms with Crippen molar-refractivity contribution in [3.63, 3.8) is 0 Å². The van der Waals surface area contributed by atoms with Crippen LogP contribution >= 0.6 is 0 Å². The Morgan fingerprint density at radius 2 is 1.86 bits per heavy atom. The number of halogens is 1. The number of aromatic nitrogens is 1. The van der Waals surface area contributed by atoms with Gasteiger partial charge in [0.2, 0.25) is 5.89 Å². The van der Waals surface area contributed by atoms with Crippen molar-refractivity contribution in [1.82, 2.24) is 4.98 Å². The fraction of sp³-hybridized carbons (Fsp3) is 0.0714. The normalized spacial score (nSPS) is 11.9. The van der Waals surface area contributed by atoms with Gasteiger partial charge in [0.05, 0.1) is 10.6 Å². The molecule has 3 rings (SSSR count). The molecule has 0 unspecified atom stereocenters. The maximum atomic E-state index is 12.8. The molecule has 0 amide bonds. The molecule has 2 N–H and O–H groups in total. The molecule has 3 aromatic rings. The van der Waals surface area contributed by atoms with Crippen molar-refractivity contribution in [1.29, 1.82) is 0 Å². The molecular weight excluding hydrogens is 295 g/mol. The molecule has 1 heterocycles. The number of nitrogen functional groups attached to an aromatic ring is 1. The minimum Gasteiger partial charge on any atom is -0.439 e. The monoisotopic (exact) mass is 306 g/mol. The number of hydrogen-bond donors (Lipinski definition) is 1. The SMILES string of the molecule is Nc1cccc2oc(CS(=O)(=O)c3ccc(F)cc3)nc12. The van der Waals surface area contributed by atoms with Gasteiger partial charge in [-0.1, -0.05) is 6.07 Å². The van der Waals surface area contributed by atoms with Gasteiger partial charge in [-0.2, -0.15) is 0 Å². The molecule has 7 heteroatoms. The van der Waals surface area contributed by atoms with Crippen LogP contribution in [0.4, 0.5) is 10.1 Å². The first-order valence-electron chi connectivity index (χ1n) is 6.08. The molecule has 0 aliphatic carbocycles. The van der Waals surface area contributed by atoms with Crippen LogP contribution in [0.15, 0.2) is 51.8 Å². The molecule has 0 bridgehead atoms. The van der Waals surface area contributed by atoms with Gasteiger partial charge in [-0.3, -0.25) is 0 Å². The lowest BCUT2D eigenvalue weighted by Gasteiger charge is -2.01. The number of oxazole rings is 1. The predicted molar refractivity (Wildman–Crippen MR) is 75.7 cm³/mol. The highest BCUT2D eigenvalue weighted by Gasteiger charge is 2.19. The number of benzene rings is 2. The Morgan fingerprint density at radius 1 is 1.14 bits per heavy atom. The van der Waals surface area contributed by atoms with Gasteiger partial charge in [0, 0.05) is 0 Å². The van der Waals surface area contributed by atoms with Gasteiger partial charge in [-0.15, -0.1) is 0 Å². The second kappa shape index (κ2) is 4.85. The zero-order valence-corrected chi connectivity index (χ0v) is 11.6. The van der Waals surface area contributed by atoms with Crippen LogP contribution in [0.2, 0.25) is 0 Å². The van der Waals surface area contributed by atoms with Crippen LogP contribution in [0.1, 0.15) is 5.89 Å². The Labute approximate surface area is 120 Å². The topological polar surface area (TPSA) is 86.2 Å². The number of rotatable bonds is 3. The molecule has 0 atom stereocenters. The van der Waals surface area contributed by atoms with E-state index in [4.69, 9.17) is 10.2 Å². The summed E-state index contributed by atoms with van der Waals surface area (Å²) in [5.41, 5.74) is 7.03. The van der Waals surface area contributed by atoms with E-state index in [9.17, 15) is 12.8 Å². The van der Waals surface area contributed by atoms with Crippen LogP contribution in [0.25, 0.3) is 11.1 Å². The fourth-order valence-corrected chi connectivity index (χ4v) is 3.13. The summed E-state index contributed by atoms with van der Waals surface area (Å²) in [6, 6.07) is 9.62. The average molecular weight is 306 g/mol. The summed E-state index contributed by atoms with van der Waals surface area (Å²) in [4.78, 5) is 4.11. The van der Waals surface area contributed by atoms with Crippen molar-refractivity contribution in [2.45, 2.75) is 10.6 Å². The maximum Gasteiger partial charge on any atom is 0.211 e. The van der Waals surface area contributed by atoms with E-state index in [1.165, 1.54) is 12.1 Å². The molecule has 0 aliphatic heterocycles. The average Bonchev–Trinajstić information content (AvgIpc) is 2.82. The first-order valence-corrected chi connectivity index (χ1v) is 7.73. The molecule has 0 fully saturated rings. The Balaban J connectivity index is 1.97. The van der Waals surface area contributed by atoms with E-state index in [2.05, 4.69) is 4.98 Å². The Hall–Kier alpha value is -2.41. The molecule has 1 aromatic heterocycles. The molecule has 21 heavy (non-hydrogen) atoms. The first-order chi connectivity index (χ1) is 9.95. The van der Waals surface area contributed by atoms with E-state index in [0.29, 0.717) is 16.8 Å². The highest BCUT2D eigenvalue weighted by Crippen LogP contribution is 2.24. The van der Waals surface area contributed by atoms with E-state index < -0.39 is 21.4 Å². The minimum atomic E-state index is -3.65. The van der Waals surface area contributed by atoms with Crippen molar-refractivity contribution < 1.29 is 17.2 Å². The van der Waals surface area contributed by atoms with Crippen LogP contribution in [-0.4, -0.2) is 13.4 Å². The molecule has 2 aromatic carbocycles. The number of para-hydroxylation sites is 1. The summed E-state index contributed by atoms with van der Waals surface area (Å²) in [6.07, 6.45) is 0. The van der Waals surface area contributed by atoms with Crippen molar-refractivity contribution in [3.8, 4) is 0 Å². The second-order valence-electron chi connectivity index (χ2n) is 4.51. The molecule has 108 valence electrons. The van der Waals surface area contributed by atoms with Gasteiger partial charge in [-0.05, 0) is 36.4 Å². The van der Waals surface area contributed by atoms with Crippen molar-refractivity contribution in [2.75, 3.05) is 5.73 Å². The van der Waals surface area contributed by atoms with Crippen LogP contribution < -0.4 is 5.73 Å². The van der Waals surface area contributed by atoms with Gasteiger partial charge in [0.15, 0.2) is 15.4 Å². The highest BCUT2D eigenvalue weighted by atomic mass is 32.2. The minimum absolute atomic E-state index is 0.0131. The molecular formula is C14H11FN2O3S. The summed E-state index contributed by atoms with van der Waals surface area (Å²) < 4.78 is 42.7. The first kappa shape index (κ1) is 13.6. The number of anilines is 1. The zero-order chi connectivity index (χ0) is 15.0. The summed E-state index contributed by atoms with van der Waals surface area (Å²) in [7, 11) is -3.65. The lowest BCUT2D eigenvalue weighted by molar-refractivity contribution is 0.540. The van der Waals surface area contributed by atoms with E-state index in [1.54, 1.807) is 18.2 Å². The van der Waals surface area contributed by atoms with E-state index in [0.717, 1.165) is 12.1 Å². The second-order valence-corrected chi connectivity index (χ2v) is 6.50.